The number of halogens is 3. The van der Waals surface area contributed by atoms with E-state index in [0.29, 0.717) is 13.0 Å². The molecule has 5 heteroatoms. The molecule has 0 saturated carbocycles. The van der Waals surface area contributed by atoms with E-state index in [9.17, 15) is 13.2 Å². The summed E-state index contributed by atoms with van der Waals surface area (Å²) in [6, 6.07) is 0. The van der Waals surface area contributed by atoms with Gasteiger partial charge in [0.1, 0.15) is 12.7 Å². The van der Waals surface area contributed by atoms with Gasteiger partial charge in [-0.2, -0.15) is 13.2 Å². The SMILES string of the molecule is NCCCOC#CC(F)(F)F. The van der Waals surface area contributed by atoms with Crippen LogP contribution < -0.4 is 5.73 Å². The van der Waals surface area contributed by atoms with Gasteiger partial charge in [-0.25, -0.2) is 0 Å². The maximum Gasteiger partial charge on any atom is 0.460 e. The second-order valence-corrected chi connectivity index (χ2v) is 1.72. The lowest BCUT2D eigenvalue weighted by molar-refractivity contribution is -0.0704. The quantitative estimate of drug-likeness (QED) is 0.500. The molecular weight excluding hydrogens is 159 g/mol. The maximum absolute atomic E-state index is 11.3. The van der Waals surface area contributed by atoms with E-state index in [1.54, 1.807) is 0 Å². The fraction of sp³-hybridized carbons (Fsp3) is 0.667. The number of hydrogen-bond acceptors (Lipinski definition) is 2. The van der Waals surface area contributed by atoms with E-state index in [-0.39, 0.29) is 6.61 Å². The van der Waals surface area contributed by atoms with E-state index in [4.69, 9.17) is 5.73 Å². The normalized spacial score (nSPS) is 10.2. The molecule has 0 aliphatic heterocycles. The predicted octanol–water partition coefficient (Wildman–Crippen LogP) is 0.875. The van der Waals surface area contributed by atoms with Gasteiger partial charge < -0.3 is 10.5 Å². The monoisotopic (exact) mass is 167 g/mol. The summed E-state index contributed by atoms with van der Waals surface area (Å²) in [5, 5.41) is 0. The van der Waals surface area contributed by atoms with Gasteiger partial charge in [-0.05, 0) is 13.0 Å². The summed E-state index contributed by atoms with van der Waals surface area (Å²) >= 11 is 0. The second-order valence-electron chi connectivity index (χ2n) is 1.72. The van der Waals surface area contributed by atoms with Crippen LogP contribution in [0.3, 0.4) is 0 Å². The molecule has 0 amide bonds. The molecule has 11 heavy (non-hydrogen) atoms. The Labute approximate surface area is 62.5 Å². The van der Waals surface area contributed by atoms with Crippen LogP contribution in [0.5, 0.6) is 0 Å². The van der Waals surface area contributed by atoms with Crippen LogP contribution in [0, 0.1) is 12.0 Å². The minimum atomic E-state index is -4.47. The Kier molecular flexibility index (Phi) is 4.46. The molecule has 0 saturated heterocycles. The van der Waals surface area contributed by atoms with Crippen LogP contribution in [-0.4, -0.2) is 19.3 Å². The third kappa shape index (κ3) is 9.11. The lowest BCUT2D eigenvalue weighted by atomic mass is 10.5. The molecule has 0 aliphatic carbocycles. The molecule has 0 radical (unpaired) electrons. The largest absolute Gasteiger partial charge is 0.460 e. The Balaban J connectivity index is 3.41. The van der Waals surface area contributed by atoms with Crippen LogP contribution in [-0.2, 0) is 4.74 Å². The minimum absolute atomic E-state index is 0.138. The molecule has 0 bridgehead atoms. The van der Waals surface area contributed by atoms with E-state index < -0.39 is 6.18 Å². The van der Waals surface area contributed by atoms with E-state index in [1.807, 2.05) is 0 Å². The van der Waals surface area contributed by atoms with Crippen molar-refractivity contribution in [2.75, 3.05) is 13.2 Å². The number of alkyl halides is 3. The zero-order chi connectivity index (χ0) is 8.74. The van der Waals surface area contributed by atoms with Crippen molar-refractivity contribution in [1.29, 1.82) is 0 Å². The smallest absolute Gasteiger partial charge is 0.446 e. The lowest BCUT2D eigenvalue weighted by Gasteiger charge is -1.94. The first-order chi connectivity index (χ1) is 5.06. The minimum Gasteiger partial charge on any atom is -0.446 e. The zero-order valence-electron chi connectivity index (χ0n) is 5.74. The highest BCUT2D eigenvalue weighted by atomic mass is 19.4. The van der Waals surface area contributed by atoms with Crippen molar-refractivity contribution in [2.45, 2.75) is 12.6 Å². The van der Waals surface area contributed by atoms with Crippen molar-refractivity contribution in [3.05, 3.63) is 0 Å². The van der Waals surface area contributed by atoms with Crippen LogP contribution in [0.15, 0.2) is 0 Å². The maximum atomic E-state index is 11.3. The Hall–Kier alpha value is -0.890. The van der Waals surface area contributed by atoms with Gasteiger partial charge in [-0.15, -0.1) is 0 Å². The van der Waals surface area contributed by atoms with E-state index in [1.165, 1.54) is 6.11 Å². The molecule has 0 aromatic rings. The lowest BCUT2D eigenvalue weighted by Crippen LogP contribution is -2.04. The predicted molar refractivity (Wildman–Crippen MR) is 33.5 cm³/mol. The van der Waals surface area contributed by atoms with Crippen LogP contribution in [0.2, 0.25) is 0 Å². The molecule has 0 fully saturated rings. The van der Waals surface area contributed by atoms with Crippen LogP contribution in [0.1, 0.15) is 6.42 Å². The molecule has 0 aliphatic rings. The molecular formula is C6H8F3NO. The van der Waals surface area contributed by atoms with Gasteiger partial charge >= 0.3 is 6.18 Å². The van der Waals surface area contributed by atoms with Gasteiger partial charge in [-0.1, -0.05) is 0 Å². The number of rotatable bonds is 3. The third-order valence-corrected chi connectivity index (χ3v) is 0.715. The molecule has 0 spiro atoms. The average molecular weight is 167 g/mol. The van der Waals surface area contributed by atoms with Gasteiger partial charge in [0, 0.05) is 0 Å². The summed E-state index contributed by atoms with van der Waals surface area (Å²) in [6.45, 7) is 0.521. The summed E-state index contributed by atoms with van der Waals surface area (Å²) in [5.41, 5.74) is 5.05. The third-order valence-electron chi connectivity index (χ3n) is 0.715. The molecule has 0 rings (SSSR count). The Morgan fingerprint density at radius 2 is 2.00 bits per heavy atom. The van der Waals surface area contributed by atoms with Crippen molar-refractivity contribution in [3.63, 3.8) is 0 Å². The van der Waals surface area contributed by atoms with Gasteiger partial charge in [0.25, 0.3) is 0 Å². The second kappa shape index (κ2) is 4.85. The molecule has 0 aromatic heterocycles. The molecule has 0 unspecified atom stereocenters. The fourth-order valence-corrected chi connectivity index (χ4v) is 0.300. The summed E-state index contributed by atoms with van der Waals surface area (Å²) in [4.78, 5) is 0. The number of nitrogens with two attached hydrogens (primary N) is 1. The van der Waals surface area contributed by atoms with E-state index in [2.05, 4.69) is 4.74 Å². The first kappa shape index (κ1) is 10.1. The highest BCUT2D eigenvalue weighted by molar-refractivity contribution is 4.99. The van der Waals surface area contributed by atoms with E-state index in [0.717, 1.165) is 5.92 Å². The van der Waals surface area contributed by atoms with Gasteiger partial charge in [-0.3, -0.25) is 0 Å². The molecule has 0 aromatic carbocycles. The molecule has 0 heterocycles. The van der Waals surface area contributed by atoms with Crippen LogP contribution in [0.25, 0.3) is 0 Å². The van der Waals surface area contributed by atoms with Crippen LogP contribution >= 0.6 is 0 Å². The van der Waals surface area contributed by atoms with Crippen molar-refractivity contribution < 1.29 is 17.9 Å². The highest BCUT2D eigenvalue weighted by Gasteiger charge is 2.23. The topological polar surface area (TPSA) is 35.2 Å². The number of hydrogen-bond donors (Lipinski definition) is 1. The summed E-state index contributed by atoms with van der Waals surface area (Å²) in [7, 11) is 0. The first-order valence-corrected chi connectivity index (χ1v) is 2.97. The van der Waals surface area contributed by atoms with Gasteiger partial charge in [0.05, 0.1) is 5.92 Å². The Bertz CT molecular complexity index is 155. The summed E-state index contributed by atoms with van der Waals surface area (Å²) in [6.07, 6.45) is -2.43. The fourth-order valence-electron chi connectivity index (χ4n) is 0.300. The Morgan fingerprint density at radius 1 is 1.36 bits per heavy atom. The average Bonchev–Trinajstić information content (AvgIpc) is 1.85. The molecule has 2 nitrogen and oxygen atoms in total. The van der Waals surface area contributed by atoms with Gasteiger partial charge in [0.2, 0.25) is 0 Å². The van der Waals surface area contributed by atoms with Crippen molar-refractivity contribution in [2.24, 2.45) is 5.73 Å². The zero-order valence-corrected chi connectivity index (χ0v) is 5.74. The van der Waals surface area contributed by atoms with Crippen molar-refractivity contribution in [1.82, 2.24) is 0 Å². The summed E-state index contributed by atoms with van der Waals surface area (Å²) < 4.78 is 38.1. The van der Waals surface area contributed by atoms with Crippen molar-refractivity contribution >= 4 is 0 Å². The highest BCUT2D eigenvalue weighted by Crippen LogP contribution is 2.11. The Morgan fingerprint density at radius 3 is 2.45 bits per heavy atom. The first-order valence-electron chi connectivity index (χ1n) is 2.97. The van der Waals surface area contributed by atoms with Gasteiger partial charge in [0.15, 0.2) is 0 Å². The standard InChI is InChI=1S/C6H8F3NO/c7-6(8,9)2-5-11-4-1-3-10/h1,3-4,10H2. The molecule has 2 N–H and O–H groups in total. The van der Waals surface area contributed by atoms with E-state index >= 15 is 0 Å². The number of ether oxygens (including phenoxy) is 1. The van der Waals surface area contributed by atoms with Crippen molar-refractivity contribution in [3.8, 4) is 12.0 Å². The molecule has 64 valence electrons. The molecule has 0 atom stereocenters. The van der Waals surface area contributed by atoms with Crippen LogP contribution in [0.4, 0.5) is 13.2 Å². The summed E-state index contributed by atoms with van der Waals surface area (Å²) in [5.74, 6) is 0.968.